The third-order valence-corrected chi connectivity index (χ3v) is 3.24. The van der Waals surface area contributed by atoms with Crippen LogP contribution in [0.25, 0.3) is 6.08 Å². The quantitative estimate of drug-likeness (QED) is 0.870. The van der Waals surface area contributed by atoms with Crippen molar-refractivity contribution in [2.75, 3.05) is 7.05 Å². The standard InChI is InChI=1S/C17H15F3N2O2/c1-22(11-12-2-5-14(6-3-12)17(18,19)20)16(24)7-4-13-8-15(23)10-21-9-13/h2-10,23H,11H2,1H3. The molecule has 0 unspecified atom stereocenters. The van der Waals surface area contributed by atoms with Crippen molar-refractivity contribution in [2.45, 2.75) is 12.7 Å². The highest BCUT2D eigenvalue weighted by molar-refractivity contribution is 5.91. The van der Waals surface area contributed by atoms with Crippen LogP contribution in [0.15, 0.2) is 48.8 Å². The number of carbonyl (C=O) groups is 1. The summed E-state index contributed by atoms with van der Waals surface area (Å²) in [4.78, 5) is 17.2. The normalized spacial score (nSPS) is 11.7. The van der Waals surface area contributed by atoms with Crippen molar-refractivity contribution in [3.05, 3.63) is 65.5 Å². The van der Waals surface area contributed by atoms with Crippen molar-refractivity contribution in [3.8, 4) is 5.75 Å². The van der Waals surface area contributed by atoms with E-state index in [1.54, 1.807) is 7.05 Å². The molecule has 0 bridgehead atoms. The molecule has 0 fully saturated rings. The average molecular weight is 336 g/mol. The van der Waals surface area contributed by atoms with E-state index in [2.05, 4.69) is 4.98 Å². The summed E-state index contributed by atoms with van der Waals surface area (Å²) in [5, 5.41) is 9.29. The fourth-order valence-corrected chi connectivity index (χ4v) is 1.98. The maximum atomic E-state index is 12.5. The van der Waals surface area contributed by atoms with E-state index >= 15 is 0 Å². The molecular formula is C17H15F3N2O2. The first-order valence-electron chi connectivity index (χ1n) is 6.99. The zero-order chi connectivity index (χ0) is 17.7. The summed E-state index contributed by atoms with van der Waals surface area (Å²) in [6, 6.07) is 6.11. The third-order valence-electron chi connectivity index (χ3n) is 3.24. The number of likely N-dealkylation sites (N-methyl/N-ethyl adjacent to an activating group) is 1. The van der Waals surface area contributed by atoms with Crippen LogP contribution in [0.4, 0.5) is 13.2 Å². The number of rotatable bonds is 4. The van der Waals surface area contributed by atoms with Gasteiger partial charge in [0.25, 0.3) is 0 Å². The Morgan fingerprint density at radius 1 is 1.25 bits per heavy atom. The molecule has 0 aliphatic rings. The average Bonchev–Trinajstić information content (AvgIpc) is 2.52. The van der Waals surface area contributed by atoms with E-state index in [-0.39, 0.29) is 18.2 Å². The largest absolute Gasteiger partial charge is 0.506 e. The smallest absolute Gasteiger partial charge is 0.416 e. The molecule has 0 aliphatic heterocycles. The van der Waals surface area contributed by atoms with Gasteiger partial charge in [0.15, 0.2) is 0 Å². The van der Waals surface area contributed by atoms with Gasteiger partial charge in [-0.2, -0.15) is 13.2 Å². The summed E-state index contributed by atoms with van der Waals surface area (Å²) in [6.07, 6.45) is 1.19. The van der Waals surface area contributed by atoms with E-state index in [0.717, 1.165) is 12.1 Å². The van der Waals surface area contributed by atoms with Crippen LogP contribution in [0.2, 0.25) is 0 Å². The van der Waals surface area contributed by atoms with Gasteiger partial charge in [-0.25, -0.2) is 0 Å². The molecule has 0 aliphatic carbocycles. The van der Waals surface area contributed by atoms with Crippen molar-refractivity contribution in [1.82, 2.24) is 9.88 Å². The van der Waals surface area contributed by atoms with Crippen molar-refractivity contribution in [1.29, 1.82) is 0 Å². The number of alkyl halides is 3. The molecule has 7 heteroatoms. The fraction of sp³-hybridized carbons (Fsp3) is 0.176. The maximum absolute atomic E-state index is 12.5. The summed E-state index contributed by atoms with van der Waals surface area (Å²) in [5.74, 6) is -0.332. The molecule has 1 aromatic heterocycles. The van der Waals surface area contributed by atoms with E-state index in [4.69, 9.17) is 0 Å². The van der Waals surface area contributed by atoms with Crippen molar-refractivity contribution in [2.24, 2.45) is 0 Å². The summed E-state index contributed by atoms with van der Waals surface area (Å²) in [5.41, 5.74) is 0.425. The van der Waals surface area contributed by atoms with Crippen LogP contribution < -0.4 is 0 Å². The Labute approximate surface area is 136 Å². The van der Waals surface area contributed by atoms with Gasteiger partial charge in [-0.15, -0.1) is 0 Å². The lowest BCUT2D eigenvalue weighted by atomic mass is 10.1. The van der Waals surface area contributed by atoms with Crippen LogP contribution in [0.5, 0.6) is 5.75 Å². The molecule has 2 aromatic rings. The molecule has 1 heterocycles. The monoisotopic (exact) mass is 336 g/mol. The van der Waals surface area contributed by atoms with E-state index in [0.29, 0.717) is 11.1 Å². The molecular weight excluding hydrogens is 321 g/mol. The predicted octanol–water partition coefficient (Wildman–Crippen LogP) is 3.48. The molecule has 24 heavy (non-hydrogen) atoms. The Morgan fingerprint density at radius 3 is 2.50 bits per heavy atom. The van der Waals surface area contributed by atoms with Gasteiger partial charge in [0.2, 0.25) is 5.91 Å². The molecule has 1 amide bonds. The van der Waals surface area contributed by atoms with Crippen molar-refractivity contribution >= 4 is 12.0 Å². The Bertz CT molecular complexity index is 740. The number of aromatic nitrogens is 1. The minimum Gasteiger partial charge on any atom is -0.506 e. The highest BCUT2D eigenvalue weighted by Gasteiger charge is 2.29. The molecule has 0 radical (unpaired) electrons. The molecule has 4 nitrogen and oxygen atoms in total. The van der Waals surface area contributed by atoms with Crippen LogP contribution in [0.1, 0.15) is 16.7 Å². The Hall–Kier alpha value is -2.83. The molecule has 0 atom stereocenters. The van der Waals surface area contributed by atoms with Crippen LogP contribution in [0.3, 0.4) is 0 Å². The topological polar surface area (TPSA) is 53.4 Å². The molecule has 1 N–H and O–H groups in total. The number of carbonyl (C=O) groups excluding carboxylic acids is 1. The van der Waals surface area contributed by atoms with Gasteiger partial charge < -0.3 is 10.0 Å². The van der Waals surface area contributed by atoms with Gasteiger partial charge >= 0.3 is 6.18 Å². The van der Waals surface area contributed by atoms with E-state index in [1.807, 2.05) is 0 Å². The van der Waals surface area contributed by atoms with Gasteiger partial charge in [-0.3, -0.25) is 9.78 Å². The number of nitrogens with zero attached hydrogens (tertiary/aromatic N) is 2. The number of aromatic hydroxyl groups is 1. The van der Waals surface area contributed by atoms with Gasteiger partial charge in [0.1, 0.15) is 5.75 Å². The van der Waals surface area contributed by atoms with E-state index in [1.165, 1.54) is 47.6 Å². The molecule has 1 aromatic carbocycles. The highest BCUT2D eigenvalue weighted by atomic mass is 19.4. The molecule has 0 spiro atoms. The van der Waals surface area contributed by atoms with Crippen molar-refractivity contribution < 1.29 is 23.1 Å². The number of hydrogen-bond acceptors (Lipinski definition) is 3. The second-order valence-corrected chi connectivity index (χ2v) is 5.20. The summed E-state index contributed by atoms with van der Waals surface area (Å²) in [7, 11) is 1.55. The van der Waals surface area contributed by atoms with E-state index < -0.39 is 11.7 Å². The minimum absolute atomic E-state index is 0.0114. The lowest BCUT2D eigenvalue weighted by Crippen LogP contribution is -2.24. The first-order chi connectivity index (χ1) is 11.3. The molecule has 2 rings (SSSR count). The second kappa shape index (κ2) is 7.16. The Kier molecular flexibility index (Phi) is 5.23. The second-order valence-electron chi connectivity index (χ2n) is 5.20. The number of pyridine rings is 1. The fourth-order valence-electron chi connectivity index (χ4n) is 1.98. The Balaban J connectivity index is 1.98. The molecule has 0 saturated heterocycles. The predicted molar refractivity (Wildman–Crippen MR) is 82.9 cm³/mol. The van der Waals surface area contributed by atoms with Gasteiger partial charge in [-0.1, -0.05) is 12.1 Å². The zero-order valence-electron chi connectivity index (χ0n) is 12.8. The number of halogens is 3. The summed E-state index contributed by atoms with van der Waals surface area (Å²) < 4.78 is 37.5. The maximum Gasteiger partial charge on any atom is 0.416 e. The SMILES string of the molecule is CN(Cc1ccc(C(F)(F)F)cc1)C(=O)C=Cc1cncc(O)c1. The number of amides is 1. The van der Waals surface area contributed by atoms with Crippen LogP contribution in [-0.2, 0) is 17.5 Å². The van der Waals surface area contributed by atoms with Crippen LogP contribution >= 0.6 is 0 Å². The highest BCUT2D eigenvalue weighted by Crippen LogP contribution is 2.29. The zero-order valence-corrected chi connectivity index (χ0v) is 12.8. The lowest BCUT2D eigenvalue weighted by Gasteiger charge is -2.15. The van der Waals surface area contributed by atoms with Gasteiger partial charge in [0.05, 0.1) is 11.8 Å². The first kappa shape index (κ1) is 17.5. The first-order valence-corrected chi connectivity index (χ1v) is 6.99. The molecule has 126 valence electrons. The summed E-state index contributed by atoms with van der Waals surface area (Å²) in [6.45, 7) is 0.180. The lowest BCUT2D eigenvalue weighted by molar-refractivity contribution is -0.137. The molecule has 0 saturated carbocycles. The minimum atomic E-state index is -4.38. The van der Waals surface area contributed by atoms with Crippen LogP contribution in [0, 0.1) is 0 Å². The number of benzene rings is 1. The van der Waals surface area contributed by atoms with Crippen molar-refractivity contribution in [3.63, 3.8) is 0 Å². The number of hydrogen-bond donors (Lipinski definition) is 1. The van der Waals surface area contributed by atoms with Gasteiger partial charge in [0, 0.05) is 25.9 Å². The third kappa shape index (κ3) is 4.84. The van der Waals surface area contributed by atoms with E-state index in [9.17, 15) is 23.1 Å². The summed E-state index contributed by atoms with van der Waals surface area (Å²) >= 11 is 0. The Morgan fingerprint density at radius 2 is 1.92 bits per heavy atom. The van der Waals surface area contributed by atoms with Crippen LogP contribution in [-0.4, -0.2) is 27.9 Å². The van der Waals surface area contributed by atoms with Gasteiger partial charge in [-0.05, 0) is 35.4 Å².